The zero-order valence-corrected chi connectivity index (χ0v) is 8.09. The molecule has 0 bridgehead atoms. The fourth-order valence-corrected chi connectivity index (χ4v) is 1.73. The minimum Gasteiger partial charge on any atom is -0.386 e. The molecule has 0 heterocycles. The zero-order chi connectivity index (χ0) is 10.9. The lowest BCUT2D eigenvalue weighted by atomic mass is 10.3. The van der Waals surface area contributed by atoms with E-state index in [-0.39, 0.29) is 0 Å². The SMILES string of the molecule is CO[Si](O)(O)c1cc(F)c(F)c(F)c1. The maximum Gasteiger partial charge on any atom is 0.531 e. The molecule has 0 spiro atoms. The van der Waals surface area contributed by atoms with Crippen molar-refractivity contribution in [2.45, 2.75) is 0 Å². The van der Waals surface area contributed by atoms with Crippen molar-refractivity contribution in [3.63, 3.8) is 0 Å². The molecule has 3 nitrogen and oxygen atoms in total. The summed E-state index contributed by atoms with van der Waals surface area (Å²) in [6, 6.07) is 0.988. The third kappa shape index (κ3) is 1.95. The summed E-state index contributed by atoms with van der Waals surface area (Å²) < 4.78 is 42.0. The lowest BCUT2D eigenvalue weighted by Gasteiger charge is -2.14. The van der Waals surface area contributed by atoms with Crippen molar-refractivity contribution >= 4 is 14.0 Å². The third-order valence-electron chi connectivity index (χ3n) is 1.64. The first kappa shape index (κ1) is 11.2. The summed E-state index contributed by atoms with van der Waals surface area (Å²) in [6.45, 7) is 0. The molecule has 0 aromatic heterocycles. The molecule has 78 valence electrons. The molecule has 0 aliphatic carbocycles. The van der Waals surface area contributed by atoms with Crippen molar-refractivity contribution < 1.29 is 27.2 Å². The zero-order valence-electron chi connectivity index (χ0n) is 7.09. The Morgan fingerprint density at radius 3 is 1.93 bits per heavy atom. The normalized spacial score (nSPS) is 11.9. The Bertz CT molecular complexity index is 333. The monoisotopic (exact) mass is 224 g/mol. The van der Waals surface area contributed by atoms with E-state index in [1.54, 1.807) is 0 Å². The van der Waals surface area contributed by atoms with Gasteiger partial charge in [0.15, 0.2) is 17.5 Å². The summed E-state index contributed by atoms with van der Waals surface area (Å²) in [5.41, 5.74) is 0. The van der Waals surface area contributed by atoms with Crippen LogP contribution in [0, 0.1) is 17.5 Å². The highest BCUT2D eigenvalue weighted by molar-refractivity contribution is 6.72. The van der Waals surface area contributed by atoms with Crippen LogP contribution in [-0.2, 0) is 4.43 Å². The standard InChI is InChI=1S/C7H7F3O3Si/c1-13-14(11,12)4-2-5(8)7(10)6(9)3-4/h2-3,11-12H,1H3. The van der Waals surface area contributed by atoms with Gasteiger partial charge in [-0.05, 0) is 12.1 Å². The molecule has 0 radical (unpaired) electrons. The van der Waals surface area contributed by atoms with Gasteiger partial charge in [0, 0.05) is 12.3 Å². The first-order chi connectivity index (χ1) is 6.38. The van der Waals surface area contributed by atoms with Crippen LogP contribution in [0.1, 0.15) is 0 Å². The summed E-state index contributed by atoms with van der Waals surface area (Å²) in [7, 11) is -3.31. The molecule has 7 heteroatoms. The van der Waals surface area contributed by atoms with Crippen molar-refractivity contribution in [3.05, 3.63) is 29.6 Å². The molecule has 1 aromatic carbocycles. The molecule has 0 aliphatic heterocycles. The Morgan fingerprint density at radius 2 is 1.57 bits per heavy atom. The van der Waals surface area contributed by atoms with Crippen LogP contribution in [0.3, 0.4) is 0 Å². The Morgan fingerprint density at radius 1 is 1.14 bits per heavy atom. The molecule has 0 unspecified atom stereocenters. The Balaban J connectivity index is 3.26. The van der Waals surface area contributed by atoms with Gasteiger partial charge in [-0.1, -0.05) is 0 Å². The van der Waals surface area contributed by atoms with Crippen molar-refractivity contribution in [1.82, 2.24) is 0 Å². The van der Waals surface area contributed by atoms with Crippen LogP contribution in [-0.4, -0.2) is 25.5 Å². The predicted octanol–water partition coefficient (Wildman–Crippen LogP) is -0.119. The van der Waals surface area contributed by atoms with Crippen molar-refractivity contribution in [2.75, 3.05) is 7.11 Å². The summed E-state index contributed by atoms with van der Waals surface area (Å²) in [5.74, 6) is -4.64. The number of benzene rings is 1. The Hall–Kier alpha value is -0.893. The van der Waals surface area contributed by atoms with E-state index in [4.69, 9.17) is 9.59 Å². The lowest BCUT2D eigenvalue weighted by molar-refractivity contribution is 0.203. The molecular weight excluding hydrogens is 217 g/mol. The molecule has 1 aromatic rings. The largest absolute Gasteiger partial charge is 0.531 e. The molecule has 0 atom stereocenters. The number of rotatable bonds is 2. The maximum absolute atomic E-state index is 12.6. The molecule has 0 saturated heterocycles. The van der Waals surface area contributed by atoms with E-state index >= 15 is 0 Å². The van der Waals surface area contributed by atoms with Crippen LogP contribution in [0.4, 0.5) is 13.2 Å². The van der Waals surface area contributed by atoms with E-state index in [9.17, 15) is 13.2 Å². The van der Waals surface area contributed by atoms with Crippen molar-refractivity contribution in [2.24, 2.45) is 0 Å². The van der Waals surface area contributed by atoms with E-state index in [1.165, 1.54) is 0 Å². The van der Waals surface area contributed by atoms with Gasteiger partial charge in [-0.25, -0.2) is 13.2 Å². The van der Waals surface area contributed by atoms with Crippen LogP contribution in [0.15, 0.2) is 12.1 Å². The molecule has 0 saturated carbocycles. The molecule has 1 rings (SSSR count). The smallest absolute Gasteiger partial charge is 0.386 e. The number of hydrogen-bond donors (Lipinski definition) is 2. The van der Waals surface area contributed by atoms with E-state index in [0.29, 0.717) is 12.1 Å². The Kier molecular flexibility index (Phi) is 2.95. The van der Waals surface area contributed by atoms with Crippen LogP contribution >= 0.6 is 0 Å². The second kappa shape index (κ2) is 3.69. The first-order valence-electron chi connectivity index (χ1n) is 3.53. The minimum absolute atomic E-state index is 0.489. The van der Waals surface area contributed by atoms with Gasteiger partial charge in [0.1, 0.15) is 0 Å². The Labute approximate surface area is 78.7 Å². The predicted molar refractivity (Wildman–Crippen MR) is 43.2 cm³/mol. The molecule has 2 N–H and O–H groups in total. The molecule has 14 heavy (non-hydrogen) atoms. The second-order valence-electron chi connectivity index (χ2n) is 2.57. The van der Waals surface area contributed by atoms with Crippen LogP contribution < -0.4 is 5.19 Å². The van der Waals surface area contributed by atoms with Gasteiger partial charge in [0.2, 0.25) is 0 Å². The average Bonchev–Trinajstić information content (AvgIpc) is 2.13. The minimum atomic E-state index is -4.29. The van der Waals surface area contributed by atoms with Gasteiger partial charge in [-0.15, -0.1) is 0 Å². The van der Waals surface area contributed by atoms with E-state index in [0.717, 1.165) is 7.11 Å². The summed E-state index contributed by atoms with van der Waals surface area (Å²) >= 11 is 0. The molecule has 0 fully saturated rings. The highest BCUT2D eigenvalue weighted by Crippen LogP contribution is 2.10. The van der Waals surface area contributed by atoms with Crippen LogP contribution in [0.5, 0.6) is 0 Å². The molecule has 0 amide bonds. The van der Waals surface area contributed by atoms with Gasteiger partial charge >= 0.3 is 8.80 Å². The lowest BCUT2D eigenvalue weighted by Crippen LogP contribution is -2.51. The van der Waals surface area contributed by atoms with Gasteiger partial charge < -0.3 is 14.0 Å². The van der Waals surface area contributed by atoms with E-state index < -0.39 is 31.4 Å². The fraction of sp³-hybridized carbons (Fsp3) is 0.143. The van der Waals surface area contributed by atoms with E-state index in [1.807, 2.05) is 0 Å². The first-order valence-corrected chi connectivity index (χ1v) is 5.33. The van der Waals surface area contributed by atoms with Gasteiger partial charge in [-0.3, -0.25) is 0 Å². The van der Waals surface area contributed by atoms with Crippen LogP contribution in [0.2, 0.25) is 0 Å². The topological polar surface area (TPSA) is 49.7 Å². The highest BCUT2D eigenvalue weighted by atomic mass is 28.4. The highest BCUT2D eigenvalue weighted by Gasteiger charge is 2.35. The van der Waals surface area contributed by atoms with Gasteiger partial charge in [0.05, 0.1) is 0 Å². The van der Waals surface area contributed by atoms with Crippen LogP contribution in [0.25, 0.3) is 0 Å². The fourth-order valence-electron chi connectivity index (χ4n) is 0.861. The maximum atomic E-state index is 12.6. The summed E-state index contributed by atoms with van der Waals surface area (Å²) in [4.78, 5) is 18.3. The number of hydrogen-bond acceptors (Lipinski definition) is 3. The van der Waals surface area contributed by atoms with Gasteiger partial charge in [-0.2, -0.15) is 0 Å². The van der Waals surface area contributed by atoms with Crippen molar-refractivity contribution in [3.8, 4) is 0 Å². The van der Waals surface area contributed by atoms with Crippen molar-refractivity contribution in [1.29, 1.82) is 0 Å². The molecular formula is C7H7F3O3Si. The second-order valence-corrected chi connectivity index (χ2v) is 4.77. The average molecular weight is 224 g/mol. The summed E-state index contributed by atoms with van der Waals surface area (Å²) in [5, 5.41) is -0.489. The van der Waals surface area contributed by atoms with E-state index in [2.05, 4.69) is 4.43 Å². The summed E-state index contributed by atoms with van der Waals surface area (Å²) in [6.07, 6.45) is 0. The number of halogens is 3. The molecule has 0 aliphatic rings. The third-order valence-corrected chi connectivity index (χ3v) is 3.25. The van der Waals surface area contributed by atoms with Gasteiger partial charge in [0.25, 0.3) is 0 Å². The quantitative estimate of drug-likeness (QED) is 0.544.